The second kappa shape index (κ2) is 9.78. The van der Waals surface area contributed by atoms with Gasteiger partial charge in [0, 0.05) is 25.9 Å². The first-order chi connectivity index (χ1) is 9.22. The fraction of sp³-hybridized carbons (Fsp3) is 0.857. The van der Waals surface area contributed by atoms with E-state index in [0.29, 0.717) is 18.9 Å². The SMILES string of the molecule is CCCNC(=O)CCC(=O)NCCC1CCCNC1. The number of hydrogen-bond donors (Lipinski definition) is 3. The Balaban J connectivity index is 1.99. The van der Waals surface area contributed by atoms with E-state index in [-0.39, 0.29) is 18.2 Å². The maximum absolute atomic E-state index is 11.6. The molecule has 2 amide bonds. The standard InChI is InChI=1S/C14H27N3O2/c1-2-8-16-13(18)5-6-14(19)17-10-7-12-4-3-9-15-11-12/h12,15H,2-11H2,1H3,(H,16,18)(H,17,19). The molecule has 0 bridgehead atoms. The molecule has 0 radical (unpaired) electrons. The second-order valence-corrected chi connectivity index (χ2v) is 5.20. The molecule has 5 heteroatoms. The minimum Gasteiger partial charge on any atom is -0.356 e. The highest BCUT2D eigenvalue weighted by atomic mass is 16.2. The molecule has 0 aliphatic carbocycles. The van der Waals surface area contributed by atoms with Crippen LogP contribution in [0.2, 0.25) is 0 Å². The summed E-state index contributed by atoms with van der Waals surface area (Å²) >= 11 is 0. The van der Waals surface area contributed by atoms with Gasteiger partial charge in [0.2, 0.25) is 11.8 Å². The van der Waals surface area contributed by atoms with Crippen molar-refractivity contribution in [3.8, 4) is 0 Å². The lowest BCUT2D eigenvalue weighted by Crippen LogP contribution is -2.33. The van der Waals surface area contributed by atoms with Crippen LogP contribution in [0.25, 0.3) is 0 Å². The maximum atomic E-state index is 11.6. The molecular weight excluding hydrogens is 242 g/mol. The van der Waals surface area contributed by atoms with Crippen molar-refractivity contribution in [1.29, 1.82) is 0 Å². The highest BCUT2D eigenvalue weighted by Gasteiger charge is 2.13. The summed E-state index contributed by atoms with van der Waals surface area (Å²) in [5.74, 6) is 0.630. The van der Waals surface area contributed by atoms with Crippen molar-refractivity contribution >= 4 is 11.8 Å². The first kappa shape index (κ1) is 16.0. The monoisotopic (exact) mass is 269 g/mol. The van der Waals surface area contributed by atoms with Gasteiger partial charge in [0.05, 0.1) is 0 Å². The maximum Gasteiger partial charge on any atom is 0.220 e. The third-order valence-corrected chi connectivity index (χ3v) is 3.42. The van der Waals surface area contributed by atoms with Gasteiger partial charge >= 0.3 is 0 Å². The number of carbonyl (C=O) groups is 2. The Morgan fingerprint density at radius 3 is 2.42 bits per heavy atom. The molecule has 3 N–H and O–H groups in total. The summed E-state index contributed by atoms with van der Waals surface area (Å²) in [5.41, 5.74) is 0. The van der Waals surface area contributed by atoms with Crippen molar-refractivity contribution < 1.29 is 9.59 Å². The first-order valence-electron chi connectivity index (χ1n) is 7.46. The van der Waals surface area contributed by atoms with Crippen molar-refractivity contribution in [2.75, 3.05) is 26.2 Å². The van der Waals surface area contributed by atoms with E-state index in [2.05, 4.69) is 16.0 Å². The minimum atomic E-state index is -0.0338. The molecule has 1 saturated heterocycles. The Labute approximate surface area is 115 Å². The number of carbonyl (C=O) groups excluding carboxylic acids is 2. The van der Waals surface area contributed by atoms with Crippen molar-refractivity contribution in [3.05, 3.63) is 0 Å². The largest absolute Gasteiger partial charge is 0.356 e. The van der Waals surface area contributed by atoms with Crippen LogP contribution in [-0.4, -0.2) is 38.0 Å². The van der Waals surface area contributed by atoms with Gasteiger partial charge < -0.3 is 16.0 Å². The zero-order valence-electron chi connectivity index (χ0n) is 12.0. The lowest BCUT2D eigenvalue weighted by Gasteiger charge is -2.22. The molecule has 1 fully saturated rings. The molecule has 5 nitrogen and oxygen atoms in total. The Hall–Kier alpha value is -1.10. The van der Waals surface area contributed by atoms with E-state index < -0.39 is 0 Å². The van der Waals surface area contributed by atoms with Crippen LogP contribution < -0.4 is 16.0 Å². The number of hydrogen-bond acceptors (Lipinski definition) is 3. The Morgan fingerprint density at radius 2 is 1.84 bits per heavy atom. The third-order valence-electron chi connectivity index (χ3n) is 3.42. The van der Waals surface area contributed by atoms with Crippen LogP contribution in [-0.2, 0) is 9.59 Å². The molecule has 0 spiro atoms. The molecule has 0 aromatic rings. The van der Waals surface area contributed by atoms with E-state index in [4.69, 9.17) is 0 Å². The van der Waals surface area contributed by atoms with E-state index in [9.17, 15) is 9.59 Å². The third kappa shape index (κ3) is 7.82. The smallest absolute Gasteiger partial charge is 0.220 e. The zero-order valence-corrected chi connectivity index (χ0v) is 12.0. The molecule has 1 aliphatic rings. The summed E-state index contributed by atoms with van der Waals surface area (Å²) in [5, 5.41) is 9.03. The van der Waals surface area contributed by atoms with Crippen LogP contribution in [0.4, 0.5) is 0 Å². The lowest BCUT2D eigenvalue weighted by molar-refractivity contribution is -0.126. The van der Waals surface area contributed by atoms with Gasteiger partial charge in [-0.1, -0.05) is 6.92 Å². The van der Waals surface area contributed by atoms with Crippen LogP contribution in [0.15, 0.2) is 0 Å². The molecule has 1 atom stereocenters. The van der Waals surface area contributed by atoms with E-state index in [1.54, 1.807) is 0 Å². The molecule has 19 heavy (non-hydrogen) atoms. The molecule has 1 heterocycles. The average Bonchev–Trinajstić information content (AvgIpc) is 2.44. The summed E-state index contributed by atoms with van der Waals surface area (Å²) in [6.45, 7) is 5.61. The van der Waals surface area contributed by atoms with E-state index in [1.807, 2.05) is 6.92 Å². The number of piperidine rings is 1. The molecule has 0 saturated carbocycles. The van der Waals surface area contributed by atoms with Gasteiger partial charge in [-0.2, -0.15) is 0 Å². The van der Waals surface area contributed by atoms with Gasteiger partial charge in [0.25, 0.3) is 0 Å². The van der Waals surface area contributed by atoms with Gasteiger partial charge in [-0.15, -0.1) is 0 Å². The van der Waals surface area contributed by atoms with Crippen molar-refractivity contribution in [1.82, 2.24) is 16.0 Å². The molecular formula is C14H27N3O2. The number of rotatable bonds is 8. The highest BCUT2D eigenvalue weighted by Crippen LogP contribution is 2.12. The Morgan fingerprint density at radius 1 is 1.16 bits per heavy atom. The Bertz CT molecular complexity index is 276. The molecule has 1 rings (SSSR count). The van der Waals surface area contributed by atoms with Gasteiger partial charge in [-0.3, -0.25) is 9.59 Å². The first-order valence-corrected chi connectivity index (χ1v) is 7.46. The number of nitrogens with one attached hydrogen (secondary N) is 3. The fourth-order valence-corrected chi connectivity index (χ4v) is 2.25. The van der Waals surface area contributed by atoms with Crippen LogP contribution in [0, 0.1) is 5.92 Å². The van der Waals surface area contributed by atoms with E-state index >= 15 is 0 Å². The van der Waals surface area contributed by atoms with E-state index in [1.165, 1.54) is 12.8 Å². The van der Waals surface area contributed by atoms with Crippen LogP contribution in [0.3, 0.4) is 0 Å². The predicted molar refractivity (Wildman–Crippen MR) is 75.8 cm³/mol. The predicted octanol–water partition coefficient (Wildman–Crippen LogP) is 0.799. The Kier molecular flexibility index (Phi) is 8.21. The van der Waals surface area contributed by atoms with Crippen LogP contribution >= 0.6 is 0 Å². The van der Waals surface area contributed by atoms with Crippen LogP contribution in [0.1, 0.15) is 45.4 Å². The van der Waals surface area contributed by atoms with Crippen molar-refractivity contribution in [2.24, 2.45) is 5.92 Å². The van der Waals surface area contributed by atoms with Gasteiger partial charge in [0.15, 0.2) is 0 Å². The van der Waals surface area contributed by atoms with Crippen molar-refractivity contribution in [2.45, 2.75) is 45.4 Å². The summed E-state index contributed by atoms with van der Waals surface area (Å²) in [6, 6.07) is 0. The van der Waals surface area contributed by atoms with Gasteiger partial charge in [-0.25, -0.2) is 0 Å². The fourth-order valence-electron chi connectivity index (χ4n) is 2.25. The van der Waals surface area contributed by atoms with Crippen LogP contribution in [0.5, 0.6) is 0 Å². The molecule has 1 aliphatic heterocycles. The highest BCUT2D eigenvalue weighted by molar-refractivity contribution is 5.83. The summed E-state index contributed by atoms with van der Waals surface area (Å²) < 4.78 is 0. The second-order valence-electron chi connectivity index (χ2n) is 5.20. The molecule has 0 aromatic carbocycles. The topological polar surface area (TPSA) is 70.2 Å². The zero-order chi connectivity index (χ0) is 13.9. The normalized spacial score (nSPS) is 18.9. The summed E-state index contributed by atoms with van der Waals surface area (Å²) in [4.78, 5) is 22.9. The molecule has 110 valence electrons. The lowest BCUT2D eigenvalue weighted by atomic mass is 9.96. The van der Waals surface area contributed by atoms with Gasteiger partial charge in [0.1, 0.15) is 0 Å². The quantitative estimate of drug-likeness (QED) is 0.610. The summed E-state index contributed by atoms with van der Waals surface area (Å²) in [6.07, 6.45) is 5.02. The van der Waals surface area contributed by atoms with Gasteiger partial charge in [-0.05, 0) is 44.7 Å². The molecule has 0 aromatic heterocycles. The van der Waals surface area contributed by atoms with Crippen molar-refractivity contribution in [3.63, 3.8) is 0 Å². The number of amides is 2. The summed E-state index contributed by atoms with van der Waals surface area (Å²) in [7, 11) is 0. The average molecular weight is 269 g/mol. The minimum absolute atomic E-state index is 0.0181. The van der Waals surface area contributed by atoms with E-state index in [0.717, 1.165) is 32.5 Å². The molecule has 1 unspecified atom stereocenters.